The van der Waals surface area contributed by atoms with Crippen molar-refractivity contribution in [1.82, 2.24) is 4.90 Å². The van der Waals surface area contributed by atoms with E-state index in [1.165, 1.54) is 4.88 Å². The van der Waals surface area contributed by atoms with Gasteiger partial charge in [-0.25, -0.2) is 13.2 Å². The van der Waals surface area contributed by atoms with Gasteiger partial charge in [0.15, 0.2) is 17.5 Å². The average Bonchev–Trinajstić information content (AvgIpc) is 3.25. The number of hydrogen-bond acceptors (Lipinski definition) is 3. The third-order valence-electron chi connectivity index (χ3n) is 4.34. The Morgan fingerprint density at radius 1 is 1.29 bits per heavy atom. The summed E-state index contributed by atoms with van der Waals surface area (Å²) in [6, 6.07) is 5.47. The normalized spacial score (nSPS) is 19.4. The second kappa shape index (κ2) is 6.94. The average molecular weight is 354 g/mol. The zero-order chi connectivity index (χ0) is 17.3. The van der Waals surface area contributed by atoms with Crippen molar-refractivity contribution in [1.29, 1.82) is 0 Å². The number of anilines is 1. The van der Waals surface area contributed by atoms with E-state index >= 15 is 0 Å². The molecule has 1 N–H and O–H groups in total. The van der Waals surface area contributed by atoms with Crippen LogP contribution in [0.1, 0.15) is 30.7 Å². The molecule has 0 spiro atoms. The number of thiophene rings is 1. The molecule has 0 saturated carbocycles. The summed E-state index contributed by atoms with van der Waals surface area (Å²) in [5.74, 6) is -4.69. The smallest absolute Gasteiger partial charge is 0.241 e. The first-order valence-electron chi connectivity index (χ1n) is 7.72. The Morgan fingerprint density at radius 2 is 2.08 bits per heavy atom. The Bertz CT molecular complexity index is 736. The largest absolute Gasteiger partial charge is 0.322 e. The summed E-state index contributed by atoms with van der Waals surface area (Å²) in [5.41, 5.74) is -0.349. The molecule has 1 aromatic carbocycles. The Balaban J connectivity index is 1.74. The third-order valence-corrected chi connectivity index (χ3v) is 5.31. The molecule has 2 heterocycles. The number of halogens is 3. The Hall–Kier alpha value is -1.86. The Morgan fingerprint density at radius 3 is 2.79 bits per heavy atom. The second-order valence-corrected chi connectivity index (χ2v) is 6.78. The third kappa shape index (κ3) is 3.18. The molecule has 1 fully saturated rings. The second-order valence-electron chi connectivity index (χ2n) is 5.80. The highest BCUT2D eigenvalue weighted by atomic mass is 32.1. The molecule has 2 aromatic rings. The van der Waals surface area contributed by atoms with Gasteiger partial charge < -0.3 is 5.32 Å². The lowest BCUT2D eigenvalue weighted by Gasteiger charge is -2.29. The van der Waals surface area contributed by atoms with Crippen LogP contribution in [0.15, 0.2) is 29.6 Å². The predicted octanol–water partition coefficient (Wildman–Crippen LogP) is 4.33. The standard InChI is InChI=1S/C17H17F3N2OS/c1-10(22-8-2-4-13(22)14-5-3-9-24-14)17(23)21-12-7-6-11(18)15(19)16(12)20/h3,5-7,9-10,13H,2,4,8H2,1H3,(H,21,23)/t10-,13+/m0/s1. The number of carbonyl (C=O) groups is 1. The van der Waals surface area contributed by atoms with Gasteiger partial charge in [0.1, 0.15) is 0 Å². The molecule has 0 unspecified atom stereocenters. The highest BCUT2D eigenvalue weighted by Crippen LogP contribution is 2.36. The molecule has 128 valence electrons. The van der Waals surface area contributed by atoms with E-state index in [0.717, 1.165) is 31.5 Å². The molecule has 1 aromatic heterocycles. The van der Waals surface area contributed by atoms with Crippen molar-refractivity contribution in [3.63, 3.8) is 0 Å². The minimum atomic E-state index is -1.59. The number of likely N-dealkylation sites (tertiary alicyclic amines) is 1. The molecule has 7 heteroatoms. The van der Waals surface area contributed by atoms with E-state index in [4.69, 9.17) is 0 Å². The van der Waals surface area contributed by atoms with E-state index in [1.54, 1.807) is 18.3 Å². The van der Waals surface area contributed by atoms with Crippen LogP contribution in [0.25, 0.3) is 0 Å². The van der Waals surface area contributed by atoms with Crippen LogP contribution in [0.4, 0.5) is 18.9 Å². The summed E-state index contributed by atoms with van der Waals surface area (Å²) in [7, 11) is 0. The van der Waals surface area contributed by atoms with E-state index in [1.807, 2.05) is 17.5 Å². The van der Waals surface area contributed by atoms with Crippen molar-refractivity contribution in [3.8, 4) is 0 Å². The predicted molar refractivity (Wildman–Crippen MR) is 87.4 cm³/mol. The molecule has 0 bridgehead atoms. The van der Waals surface area contributed by atoms with Gasteiger partial charge in [-0.05, 0) is 49.9 Å². The van der Waals surface area contributed by atoms with Crippen molar-refractivity contribution in [2.75, 3.05) is 11.9 Å². The van der Waals surface area contributed by atoms with Crippen molar-refractivity contribution >= 4 is 22.9 Å². The van der Waals surface area contributed by atoms with Crippen molar-refractivity contribution in [3.05, 3.63) is 52.0 Å². The molecule has 0 radical (unpaired) electrons. The molecule has 1 aliphatic rings. The molecule has 24 heavy (non-hydrogen) atoms. The van der Waals surface area contributed by atoms with Gasteiger partial charge in [-0.15, -0.1) is 11.3 Å². The minimum absolute atomic E-state index is 0.153. The Labute approximate surface area is 142 Å². The van der Waals surface area contributed by atoms with Crippen LogP contribution in [-0.2, 0) is 4.79 Å². The summed E-state index contributed by atoms with van der Waals surface area (Å²) in [6.45, 7) is 2.50. The first kappa shape index (κ1) is 17.0. The molecule has 2 atom stereocenters. The lowest BCUT2D eigenvalue weighted by Crippen LogP contribution is -2.41. The Kier molecular flexibility index (Phi) is 4.91. The molecular weight excluding hydrogens is 337 g/mol. The lowest BCUT2D eigenvalue weighted by atomic mass is 10.1. The molecule has 3 rings (SSSR count). The van der Waals surface area contributed by atoms with Gasteiger partial charge in [0.2, 0.25) is 5.91 Å². The van der Waals surface area contributed by atoms with Gasteiger partial charge in [-0.2, -0.15) is 0 Å². The summed E-state index contributed by atoms with van der Waals surface area (Å²) < 4.78 is 40.0. The van der Waals surface area contributed by atoms with Crippen LogP contribution in [0, 0.1) is 17.5 Å². The summed E-state index contributed by atoms with van der Waals surface area (Å²) in [6.07, 6.45) is 1.93. The quantitative estimate of drug-likeness (QED) is 0.829. The van der Waals surface area contributed by atoms with Crippen LogP contribution in [0.2, 0.25) is 0 Å². The number of amides is 1. The van der Waals surface area contributed by atoms with E-state index in [-0.39, 0.29) is 11.7 Å². The lowest BCUT2D eigenvalue weighted by molar-refractivity contribution is -0.121. The molecule has 3 nitrogen and oxygen atoms in total. The number of carbonyl (C=O) groups excluding carboxylic acids is 1. The number of benzene rings is 1. The monoisotopic (exact) mass is 354 g/mol. The molecule has 1 amide bonds. The summed E-state index contributed by atoms with van der Waals surface area (Å²) in [5, 5.41) is 4.36. The number of rotatable bonds is 4. The zero-order valence-electron chi connectivity index (χ0n) is 13.1. The molecule has 0 aliphatic carbocycles. The summed E-state index contributed by atoms with van der Waals surface area (Å²) >= 11 is 1.64. The maximum absolute atomic E-state index is 13.7. The van der Waals surface area contributed by atoms with Crippen LogP contribution < -0.4 is 5.32 Å². The zero-order valence-corrected chi connectivity index (χ0v) is 13.9. The van der Waals surface area contributed by atoms with Crippen LogP contribution >= 0.6 is 11.3 Å². The van der Waals surface area contributed by atoms with Crippen LogP contribution in [0.5, 0.6) is 0 Å². The maximum atomic E-state index is 13.7. The van der Waals surface area contributed by atoms with Gasteiger partial charge in [0.25, 0.3) is 0 Å². The van der Waals surface area contributed by atoms with Gasteiger partial charge in [-0.1, -0.05) is 6.07 Å². The fourth-order valence-corrected chi connectivity index (χ4v) is 3.93. The molecule has 1 aliphatic heterocycles. The van der Waals surface area contributed by atoms with E-state index in [0.29, 0.717) is 0 Å². The van der Waals surface area contributed by atoms with Crippen LogP contribution in [0.3, 0.4) is 0 Å². The van der Waals surface area contributed by atoms with E-state index < -0.39 is 29.4 Å². The SMILES string of the molecule is C[C@@H](C(=O)Nc1ccc(F)c(F)c1F)N1CCC[C@@H]1c1cccs1. The topological polar surface area (TPSA) is 32.3 Å². The fraction of sp³-hybridized carbons (Fsp3) is 0.353. The van der Waals surface area contributed by atoms with Crippen molar-refractivity contribution in [2.45, 2.75) is 31.8 Å². The minimum Gasteiger partial charge on any atom is -0.322 e. The van der Waals surface area contributed by atoms with Gasteiger partial charge in [-0.3, -0.25) is 9.69 Å². The first-order valence-corrected chi connectivity index (χ1v) is 8.60. The van der Waals surface area contributed by atoms with Gasteiger partial charge in [0, 0.05) is 10.9 Å². The summed E-state index contributed by atoms with van der Waals surface area (Å²) in [4.78, 5) is 15.7. The number of hydrogen-bond donors (Lipinski definition) is 1. The van der Waals surface area contributed by atoms with Crippen LogP contribution in [-0.4, -0.2) is 23.4 Å². The first-order chi connectivity index (χ1) is 11.5. The van der Waals surface area contributed by atoms with E-state index in [9.17, 15) is 18.0 Å². The fourth-order valence-electron chi connectivity index (χ4n) is 3.05. The van der Waals surface area contributed by atoms with Gasteiger partial charge in [0.05, 0.1) is 11.7 Å². The molecular formula is C17H17F3N2OS. The highest BCUT2D eigenvalue weighted by molar-refractivity contribution is 7.10. The highest BCUT2D eigenvalue weighted by Gasteiger charge is 2.33. The maximum Gasteiger partial charge on any atom is 0.241 e. The number of nitrogens with zero attached hydrogens (tertiary/aromatic N) is 1. The van der Waals surface area contributed by atoms with E-state index in [2.05, 4.69) is 10.2 Å². The van der Waals surface area contributed by atoms with Gasteiger partial charge >= 0.3 is 0 Å². The molecule has 1 saturated heterocycles. The van der Waals surface area contributed by atoms with Crippen molar-refractivity contribution in [2.24, 2.45) is 0 Å². The number of nitrogens with one attached hydrogen (secondary N) is 1. The van der Waals surface area contributed by atoms with Crippen molar-refractivity contribution < 1.29 is 18.0 Å².